The van der Waals surface area contributed by atoms with Gasteiger partial charge in [-0.2, -0.15) is 0 Å². The van der Waals surface area contributed by atoms with Crippen LogP contribution in [-0.2, 0) is 0 Å². The molecule has 0 fully saturated rings. The highest BCUT2D eigenvalue weighted by molar-refractivity contribution is 8.45. The Labute approximate surface area is 110 Å². The molecule has 2 aromatic rings. The van der Waals surface area contributed by atoms with Crippen molar-refractivity contribution in [3.05, 3.63) is 48.4 Å². The van der Waals surface area contributed by atoms with E-state index in [2.05, 4.69) is 5.32 Å². The Morgan fingerprint density at radius 1 is 1.00 bits per heavy atom. The number of benzene rings is 1. The molecular formula is C11H8F5NO2S. The van der Waals surface area contributed by atoms with Gasteiger partial charge < -0.3 is 9.73 Å². The van der Waals surface area contributed by atoms with Gasteiger partial charge in [-0.05, 0) is 36.4 Å². The van der Waals surface area contributed by atoms with E-state index in [9.17, 15) is 24.2 Å². The Bertz CT molecular complexity index is 634. The molecule has 1 aromatic heterocycles. The van der Waals surface area contributed by atoms with Crippen molar-refractivity contribution >= 4 is 21.8 Å². The normalized spacial score (nSPS) is 15.2. The van der Waals surface area contributed by atoms with Crippen LogP contribution >= 0.6 is 10.2 Å². The van der Waals surface area contributed by atoms with Gasteiger partial charge in [0.25, 0.3) is 5.91 Å². The number of hydrogen-bond acceptors (Lipinski definition) is 2. The fourth-order valence-electron chi connectivity index (χ4n) is 1.40. The van der Waals surface area contributed by atoms with Gasteiger partial charge in [-0.15, -0.1) is 0 Å². The monoisotopic (exact) mass is 313 g/mol. The van der Waals surface area contributed by atoms with Gasteiger partial charge in [0.2, 0.25) is 0 Å². The van der Waals surface area contributed by atoms with Crippen molar-refractivity contribution in [1.29, 1.82) is 0 Å². The second-order valence-electron chi connectivity index (χ2n) is 3.92. The lowest BCUT2D eigenvalue weighted by Crippen LogP contribution is -2.11. The molecule has 0 unspecified atom stereocenters. The van der Waals surface area contributed by atoms with Crippen LogP contribution in [0.25, 0.3) is 0 Å². The van der Waals surface area contributed by atoms with E-state index in [1.807, 2.05) is 0 Å². The van der Waals surface area contributed by atoms with Crippen LogP contribution in [0, 0.1) is 0 Å². The smallest absolute Gasteiger partial charge is 0.310 e. The highest BCUT2D eigenvalue weighted by Gasteiger charge is 2.65. The highest BCUT2D eigenvalue weighted by atomic mass is 32.5. The summed E-state index contributed by atoms with van der Waals surface area (Å²) >= 11 is 0. The predicted octanol–water partition coefficient (Wildman–Crippen LogP) is 5.19. The number of carbonyl (C=O) groups excluding carboxylic acids is 1. The maximum absolute atomic E-state index is 12.5. The van der Waals surface area contributed by atoms with Gasteiger partial charge in [-0.3, -0.25) is 4.79 Å². The lowest BCUT2D eigenvalue weighted by molar-refractivity contribution is 0.0996. The summed E-state index contributed by atoms with van der Waals surface area (Å²) in [5, 5.41) is 2.22. The number of nitrogens with one attached hydrogen (secondary N) is 1. The zero-order valence-electron chi connectivity index (χ0n) is 9.66. The molecule has 0 spiro atoms. The fraction of sp³-hybridized carbons (Fsp3) is 0. The molecule has 0 radical (unpaired) electrons. The van der Waals surface area contributed by atoms with E-state index in [4.69, 9.17) is 4.42 Å². The third-order valence-electron chi connectivity index (χ3n) is 2.30. The van der Waals surface area contributed by atoms with Crippen LogP contribution in [0.5, 0.6) is 0 Å². The summed E-state index contributed by atoms with van der Waals surface area (Å²) in [5.74, 6) is -0.753. The summed E-state index contributed by atoms with van der Waals surface area (Å²) in [6.45, 7) is 0. The van der Waals surface area contributed by atoms with Crippen molar-refractivity contribution in [2.24, 2.45) is 0 Å². The van der Waals surface area contributed by atoms with Crippen molar-refractivity contribution in [3.63, 3.8) is 0 Å². The molecule has 0 saturated heterocycles. The average molecular weight is 313 g/mol. The summed E-state index contributed by atoms with van der Waals surface area (Å²) < 4.78 is 67.1. The first kappa shape index (κ1) is 14.4. The number of hydrogen-bond donors (Lipinski definition) is 1. The van der Waals surface area contributed by atoms with Gasteiger partial charge in [0.05, 0.1) is 6.26 Å². The number of amides is 1. The first-order valence-corrected chi connectivity index (χ1v) is 7.10. The molecule has 1 aromatic carbocycles. The number of rotatable bonds is 3. The van der Waals surface area contributed by atoms with Crippen molar-refractivity contribution in [2.75, 3.05) is 5.32 Å². The highest BCUT2D eigenvalue weighted by Crippen LogP contribution is 3.02. The molecule has 3 nitrogen and oxygen atoms in total. The molecule has 1 N–H and O–H groups in total. The molecule has 0 bridgehead atoms. The number of anilines is 1. The Morgan fingerprint density at radius 3 is 2.05 bits per heavy atom. The molecule has 0 atom stereocenters. The van der Waals surface area contributed by atoms with E-state index in [1.165, 1.54) is 18.4 Å². The average Bonchev–Trinajstić information content (AvgIpc) is 2.79. The third-order valence-corrected chi connectivity index (χ3v) is 3.47. The van der Waals surface area contributed by atoms with Crippen LogP contribution < -0.4 is 5.32 Å². The van der Waals surface area contributed by atoms with Gasteiger partial charge in [0.1, 0.15) is 4.90 Å². The summed E-state index contributed by atoms with van der Waals surface area (Å²) in [6, 6.07) is 4.73. The van der Waals surface area contributed by atoms with Crippen LogP contribution in [0.2, 0.25) is 0 Å². The predicted molar refractivity (Wildman–Crippen MR) is 64.5 cm³/mol. The minimum absolute atomic E-state index is 0.0539. The number of carbonyl (C=O) groups is 1. The van der Waals surface area contributed by atoms with E-state index in [0.29, 0.717) is 0 Å². The van der Waals surface area contributed by atoms with Gasteiger partial charge in [0, 0.05) is 5.69 Å². The largest absolute Gasteiger partial charge is 0.459 e. The number of halogens is 5. The van der Waals surface area contributed by atoms with E-state index in [-0.39, 0.29) is 23.6 Å². The van der Waals surface area contributed by atoms with Gasteiger partial charge in [0.15, 0.2) is 5.76 Å². The lowest BCUT2D eigenvalue weighted by Gasteiger charge is -2.40. The summed E-state index contributed by atoms with van der Waals surface area (Å²) in [6.07, 6.45) is 1.24. The topological polar surface area (TPSA) is 42.2 Å². The second kappa shape index (κ2) is 3.75. The summed E-state index contributed by atoms with van der Waals surface area (Å²) in [4.78, 5) is 9.50. The van der Waals surface area contributed by atoms with Crippen molar-refractivity contribution in [3.8, 4) is 0 Å². The summed E-state index contributed by atoms with van der Waals surface area (Å²) in [7, 11) is -9.68. The van der Waals surface area contributed by atoms with E-state index in [0.717, 1.165) is 12.1 Å². The van der Waals surface area contributed by atoms with Crippen LogP contribution in [0.4, 0.5) is 25.1 Å². The second-order valence-corrected chi connectivity index (χ2v) is 6.33. The molecule has 0 saturated carbocycles. The van der Waals surface area contributed by atoms with Crippen LogP contribution in [0.3, 0.4) is 0 Å². The zero-order valence-corrected chi connectivity index (χ0v) is 10.5. The lowest BCUT2D eigenvalue weighted by atomic mass is 10.3. The fourth-order valence-corrected chi connectivity index (χ4v) is 2.05. The zero-order chi connectivity index (χ0) is 15.1. The standard InChI is InChI=1S/C11H8F5NO2S/c12-20(13,14,15,16)9-5-3-8(4-6-9)17-11(18)10-2-1-7-19-10/h1-7H,(H,17,18). The molecular weight excluding hydrogens is 305 g/mol. The molecule has 2 rings (SSSR count). The quantitative estimate of drug-likeness (QED) is 0.792. The molecule has 1 amide bonds. The number of furan rings is 1. The Morgan fingerprint density at radius 2 is 1.60 bits per heavy atom. The SMILES string of the molecule is O=C(Nc1ccc(S(F)(F)(F)(F)F)cc1)c1ccco1. The van der Waals surface area contributed by atoms with E-state index < -0.39 is 21.0 Å². The summed E-state index contributed by atoms with van der Waals surface area (Å²) in [5.41, 5.74) is -0.0583. The van der Waals surface area contributed by atoms with Gasteiger partial charge in [-0.25, -0.2) is 0 Å². The maximum Gasteiger partial charge on any atom is 0.310 e. The Hall–Kier alpha value is -2.03. The molecule has 0 aliphatic rings. The first-order chi connectivity index (χ1) is 8.95. The molecule has 20 heavy (non-hydrogen) atoms. The van der Waals surface area contributed by atoms with Crippen LogP contribution in [-0.4, -0.2) is 5.91 Å². The molecule has 110 valence electrons. The minimum atomic E-state index is -9.68. The van der Waals surface area contributed by atoms with Crippen molar-refractivity contribution in [1.82, 2.24) is 0 Å². The van der Waals surface area contributed by atoms with Crippen LogP contribution in [0.1, 0.15) is 10.6 Å². The Balaban J connectivity index is 2.20. The van der Waals surface area contributed by atoms with E-state index >= 15 is 0 Å². The first-order valence-electron chi connectivity index (χ1n) is 5.15. The van der Waals surface area contributed by atoms with Crippen LogP contribution in [0.15, 0.2) is 52.0 Å². The molecule has 0 aliphatic carbocycles. The van der Waals surface area contributed by atoms with Gasteiger partial charge >= 0.3 is 10.2 Å². The molecule has 0 aliphatic heterocycles. The van der Waals surface area contributed by atoms with E-state index in [1.54, 1.807) is 0 Å². The molecule has 1 heterocycles. The Kier molecular flexibility index (Phi) is 2.70. The maximum atomic E-state index is 12.5. The van der Waals surface area contributed by atoms with Crippen molar-refractivity contribution < 1.29 is 28.6 Å². The molecule has 9 heteroatoms. The third kappa shape index (κ3) is 3.29. The minimum Gasteiger partial charge on any atom is -0.459 e. The van der Waals surface area contributed by atoms with Crippen molar-refractivity contribution in [2.45, 2.75) is 4.90 Å². The van der Waals surface area contributed by atoms with Gasteiger partial charge in [-0.1, -0.05) is 19.4 Å².